The summed E-state index contributed by atoms with van der Waals surface area (Å²) < 4.78 is 14.1. The van der Waals surface area contributed by atoms with Crippen LogP contribution in [0.4, 0.5) is 4.39 Å². The van der Waals surface area contributed by atoms with E-state index in [0.717, 1.165) is 3.57 Å². The third-order valence-corrected chi connectivity index (χ3v) is 2.51. The van der Waals surface area contributed by atoms with Gasteiger partial charge in [-0.05, 0) is 41.6 Å². The minimum absolute atomic E-state index is 0.357. The quantitative estimate of drug-likeness (QED) is 0.817. The second-order valence-corrected chi connectivity index (χ2v) is 4.18. The number of aliphatic hydroxyl groups excluding tert-OH is 1. The number of benzene rings is 1. The van der Waals surface area contributed by atoms with Gasteiger partial charge in [0.25, 0.3) is 0 Å². The highest BCUT2D eigenvalue weighted by Crippen LogP contribution is 2.19. The number of hydrogen-bond acceptors (Lipinski definition) is 2. The van der Waals surface area contributed by atoms with Crippen molar-refractivity contribution in [2.45, 2.75) is 19.1 Å². The number of rotatable bonds is 2. The maximum atomic E-state index is 13.3. The van der Waals surface area contributed by atoms with Gasteiger partial charge in [-0.25, -0.2) is 4.39 Å². The van der Waals surface area contributed by atoms with Crippen molar-refractivity contribution in [3.05, 3.63) is 33.1 Å². The molecule has 2 nitrogen and oxygen atoms in total. The Kier molecular flexibility index (Phi) is 3.63. The average Bonchev–Trinajstić information content (AvgIpc) is 2.03. The molecule has 2 atom stereocenters. The molecule has 0 heterocycles. The van der Waals surface area contributed by atoms with Gasteiger partial charge in [-0.1, -0.05) is 6.07 Å². The molecule has 0 aromatic heterocycles. The minimum atomic E-state index is -0.741. The van der Waals surface area contributed by atoms with E-state index in [0.29, 0.717) is 5.56 Å². The molecule has 0 unspecified atom stereocenters. The second-order valence-electron chi connectivity index (χ2n) is 2.93. The van der Waals surface area contributed by atoms with Gasteiger partial charge in [0.2, 0.25) is 0 Å². The minimum Gasteiger partial charge on any atom is -0.391 e. The van der Waals surface area contributed by atoms with Crippen LogP contribution in [0.2, 0.25) is 0 Å². The Labute approximate surface area is 90.1 Å². The lowest BCUT2D eigenvalue weighted by molar-refractivity contribution is 0.162. The van der Waals surface area contributed by atoms with Crippen LogP contribution in [-0.4, -0.2) is 11.2 Å². The van der Waals surface area contributed by atoms with Gasteiger partial charge in [-0.2, -0.15) is 0 Å². The summed E-state index contributed by atoms with van der Waals surface area (Å²) in [4.78, 5) is 0. The third kappa shape index (κ3) is 2.62. The molecular weight excluding hydrogens is 284 g/mol. The van der Waals surface area contributed by atoms with Crippen molar-refractivity contribution in [2.75, 3.05) is 0 Å². The molecule has 1 aromatic carbocycles. The van der Waals surface area contributed by atoms with Gasteiger partial charge in [0.15, 0.2) is 0 Å². The van der Waals surface area contributed by atoms with Crippen LogP contribution in [0.25, 0.3) is 0 Å². The first kappa shape index (κ1) is 10.9. The van der Waals surface area contributed by atoms with Crippen LogP contribution in [0.15, 0.2) is 18.2 Å². The molecule has 0 bridgehead atoms. The molecule has 1 rings (SSSR count). The highest BCUT2D eigenvalue weighted by molar-refractivity contribution is 14.1. The molecule has 3 N–H and O–H groups in total. The van der Waals surface area contributed by atoms with Crippen LogP contribution in [0.3, 0.4) is 0 Å². The largest absolute Gasteiger partial charge is 0.391 e. The van der Waals surface area contributed by atoms with Crippen LogP contribution in [-0.2, 0) is 0 Å². The molecule has 0 fully saturated rings. The van der Waals surface area contributed by atoms with E-state index in [4.69, 9.17) is 5.73 Å². The monoisotopic (exact) mass is 295 g/mol. The van der Waals surface area contributed by atoms with Crippen molar-refractivity contribution >= 4 is 22.6 Å². The molecular formula is C9H11FINO. The zero-order chi connectivity index (χ0) is 10.0. The Morgan fingerprint density at radius 3 is 2.62 bits per heavy atom. The van der Waals surface area contributed by atoms with Crippen LogP contribution >= 0.6 is 22.6 Å². The molecule has 0 radical (unpaired) electrons. The first-order chi connectivity index (χ1) is 6.02. The normalized spacial score (nSPS) is 15.5. The highest BCUT2D eigenvalue weighted by Gasteiger charge is 2.15. The van der Waals surface area contributed by atoms with E-state index in [1.54, 1.807) is 19.1 Å². The Balaban J connectivity index is 3.01. The molecule has 0 amide bonds. The number of halogens is 2. The topological polar surface area (TPSA) is 46.2 Å². The molecule has 0 aliphatic carbocycles. The molecule has 72 valence electrons. The van der Waals surface area contributed by atoms with E-state index in [2.05, 4.69) is 0 Å². The molecule has 0 saturated carbocycles. The summed E-state index contributed by atoms with van der Waals surface area (Å²) in [5, 5.41) is 9.17. The van der Waals surface area contributed by atoms with Crippen LogP contribution in [0.1, 0.15) is 18.5 Å². The maximum absolute atomic E-state index is 13.3. The lowest BCUT2D eigenvalue weighted by Gasteiger charge is -2.15. The second kappa shape index (κ2) is 4.34. The zero-order valence-corrected chi connectivity index (χ0v) is 9.32. The smallest absolute Gasteiger partial charge is 0.129 e. The van der Waals surface area contributed by atoms with E-state index in [1.807, 2.05) is 22.6 Å². The molecule has 1 aromatic rings. The van der Waals surface area contributed by atoms with Crippen LogP contribution < -0.4 is 5.73 Å². The predicted molar refractivity (Wildman–Crippen MR) is 57.7 cm³/mol. The summed E-state index contributed by atoms with van der Waals surface area (Å²) in [6.45, 7) is 1.54. The van der Waals surface area contributed by atoms with Crippen molar-refractivity contribution < 1.29 is 9.50 Å². The van der Waals surface area contributed by atoms with Gasteiger partial charge >= 0.3 is 0 Å². The van der Waals surface area contributed by atoms with E-state index < -0.39 is 12.1 Å². The molecule has 13 heavy (non-hydrogen) atoms. The lowest BCUT2D eigenvalue weighted by atomic mass is 10.0. The summed E-state index contributed by atoms with van der Waals surface area (Å²) in [5.41, 5.74) is 5.95. The lowest BCUT2D eigenvalue weighted by Crippen LogP contribution is -2.24. The van der Waals surface area contributed by atoms with Crippen molar-refractivity contribution in [3.8, 4) is 0 Å². The molecule has 4 heteroatoms. The van der Waals surface area contributed by atoms with Gasteiger partial charge in [0.05, 0.1) is 12.1 Å². The fraction of sp³-hybridized carbons (Fsp3) is 0.333. The molecule has 0 aliphatic heterocycles. The Hall–Kier alpha value is -0.200. The number of hydrogen-bond donors (Lipinski definition) is 2. The van der Waals surface area contributed by atoms with Gasteiger partial charge in [0, 0.05) is 9.13 Å². The van der Waals surface area contributed by atoms with E-state index in [9.17, 15) is 9.50 Å². The Bertz CT molecular complexity index is 304. The van der Waals surface area contributed by atoms with E-state index in [1.165, 1.54) is 6.07 Å². The van der Waals surface area contributed by atoms with Crippen molar-refractivity contribution in [3.63, 3.8) is 0 Å². The van der Waals surface area contributed by atoms with Crippen molar-refractivity contribution in [1.82, 2.24) is 0 Å². The van der Waals surface area contributed by atoms with Crippen molar-refractivity contribution in [1.29, 1.82) is 0 Å². The van der Waals surface area contributed by atoms with Gasteiger partial charge in [-0.15, -0.1) is 0 Å². The zero-order valence-electron chi connectivity index (χ0n) is 7.17. The van der Waals surface area contributed by atoms with E-state index >= 15 is 0 Å². The Morgan fingerprint density at radius 2 is 2.15 bits per heavy atom. The summed E-state index contributed by atoms with van der Waals surface area (Å²) in [6.07, 6.45) is -0.741. The Morgan fingerprint density at radius 1 is 1.54 bits per heavy atom. The average molecular weight is 295 g/mol. The first-order valence-corrected chi connectivity index (χ1v) is 4.99. The maximum Gasteiger partial charge on any atom is 0.129 e. The highest BCUT2D eigenvalue weighted by atomic mass is 127. The fourth-order valence-electron chi connectivity index (χ4n) is 1.03. The molecule has 0 aliphatic rings. The van der Waals surface area contributed by atoms with E-state index in [-0.39, 0.29) is 5.82 Å². The fourth-order valence-corrected chi connectivity index (χ4v) is 1.48. The summed E-state index contributed by atoms with van der Waals surface area (Å²) in [5.74, 6) is -0.361. The SMILES string of the molecule is C[C@H](O)[C@H](N)c1ccc(I)cc1F. The molecule has 0 saturated heterocycles. The summed E-state index contributed by atoms with van der Waals surface area (Å²) in [7, 11) is 0. The molecule has 0 spiro atoms. The van der Waals surface area contributed by atoms with Gasteiger partial charge in [-0.3, -0.25) is 0 Å². The van der Waals surface area contributed by atoms with Gasteiger partial charge in [0.1, 0.15) is 5.82 Å². The van der Waals surface area contributed by atoms with Crippen LogP contribution in [0.5, 0.6) is 0 Å². The van der Waals surface area contributed by atoms with Crippen molar-refractivity contribution in [2.24, 2.45) is 5.73 Å². The number of nitrogens with two attached hydrogens (primary N) is 1. The standard InChI is InChI=1S/C9H11FINO/c1-5(13)9(12)7-3-2-6(11)4-8(7)10/h2-5,9,13H,12H2,1H3/t5-,9-/m0/s1. The third-order valence-electron chi connectivity index (χ3n) is 1.84. The van der Waals surface area contributed by atoms with Gasteiger partial charge < -0.3 is 10.8 Å². The number of aliphatic hydroxyl groups is 1. The first-order valence-electron chi connectivity index (χ1n) is 3.91. The summed E-state index contributed by atoms with van der Waals surface area (Å²) in [6, 6.07) is 4.12. The predicted octanol–water partition coefficient (Wildman–Crippen LogP) is 1.81. The van der Waals surface area contributed by atoms with Crippen LogP contribution in [0, 0.1) is 9.39 Å². The summed E-state index contributed by atoms with van der Waals surface area (Å²) >= 11 is 2.02.